The van der Waals surface area contributed by atoms with Crippen molar-refractivity contribution >= 4 is 17.6 Å². The number of carboxylic acid groups (broad SMARTS) is 1. The van der Waals surface area contributed by atoms with E-state index in [2.05, 4.69) is 10.3 Å². The molecule has 0 aliphatic carbocycles. The van der Waals surface area contributed by atoms with Gasteiger partial charge in [0.1, 0.15) is 11.6 Å². The zero-order chi connectivity index (χ0) is 13.1. The van der Waals surface area contributed by atoms with E-state index in [4.69, 9.17) is 15.6 Å². The van der Waals surface area contributed by atoms with E-state index < -0.39 is 6.09 Å². The molecule has 0 saturated carbocycles. The zero-order valence-electron chi connectivity index (χ0n) is 10.1. The summed E-state index contributed by atoms with van der Waals surface area (Å²) in [6.07, 6.45) is 1.43. The lowest BCUT2D eigenvalue weighted by molar-refractivity contribution is 0.155. The molecule has 1 aromatic rings. The van der Waals surface area contributed by atoms with E-state index in [1.807, 2.05) is 0 Å². The molecule has 1 fully saturated rings. The highest BCUT2D eigenvalue weighted by molar-refractivity contribution is 5.66. The van der Waals surface area contributed by atoms with E-state index in [1.165, 1.54) is 4.90 Å². The van der Waals surface area contributed by atoms with Crippen LogP contribution in [-0.4, -0.2) is 47.3 Å². The maximum absolute atomic E-state index is 10.8. The Labute approximate surface area is 105 Å². The van der Waals surface area contributed by atoms with Crippen LogP contribution in [0, 0.1) is 0 Å². The maximum atomic E-state index is 10.8. The minimum atomic E-state index is -0.894. The van der Waals surface area contributed by atoms with Crippen LogP contribution >= 0.6 is 0 Å². The van der Waals surface area contributed by atoms with Crippen molar-refractivity contribution in [3.8, 4) is 5.75 Å². The van der Waals surface area contributed by atoms with Crippen LogP contribution in [-0.2, 0) is 0 Å². The lowest BCUT2D eigenvalue weighted by Crippen LogP contribution is -2.30. The summed E-state index contributed by atoms with van der Waals surface area (Å²) in [4.78, 5) is 16.3. The number of likely N-dealkylation sites (tertiary alicyclic amines) is 1. The number of nitrogens with one attached hydrogen (secondary N) is 1. The van der Waals surface area contributed by atoms with Crippen LogP contribution in [0.3, 0.4) is 0 Å². The summed E-state index contributed by atoms with van der Waals surface area (Å²) in [5.74, 6) is 1.16. The van der Waals surface area contributed by atoms with Gasteiger partial charge in [0.05, 0.1) is 19.0 Å². The van der Waals surface area contributed by atoms with Gasteiger partial charge in [-0.2, -0.15) is 0 Å². The van der Waals surface area contributed by atoms with Crippen molar-refractivity contribution in [2.75, 3.05) is 31.2 Å². The van der Waals surface area contributed by atoms with E-state index in [0.29, 0.717) is 30.3 Å². The summed E-state index contributed by atoms with van der Waals surface area (Å²) in [6.45, 7) is 0.978. The summed E-state index contributed by atoms with van der Waals surface area (Å²) in [5.41, 5.74) is 6.32. The minimum absolute atomic E-state index is 0.0456. The first-order valence-electron chi connectivity index (χ1n) is 5.64. The highest BCUT2D eigenvalue weighted by atomic mass is 16.5. The molecule has 18 heavy (non-hydrogen) atoms. The predicted molar refractivity (Wildman–Crippen MR) is 66.8 cm³/mol. The third-order valence-electron chi connectivity index (χ3n) is 2.93. The second-order valence-corrected chi connectivity index (χ2v) is 4.17. The summed E-state index contributed by atoms with van der Waals surface area (Å²) in [6, 6.07) is 1.73. The normalized spacial score (nSPS) is 18.7. The standard InChI is InChI=1S/C11H16N4O3/c1-18-8-4-9(12)10(13-5-8)14-7-2-3-15(6-7)11(16)17/h4-5,7H,2-3,6,12H2,1H3,(H,13,14)(H,16,17). The van der Waals surface area contributed by atoms with Gasteiger partial charge in [-0.15, -0.1) is 0 Å². The predicted octanol–water partition coefficient (Wildman–Crippen LogP) is 0.837. The van der Waals surface area contributed by atoms with Crippen molar-refractivity contribution in [1.29, 1.82) is 0 Å². The Balaban J connectivity index is 2.00. The van der Waals surface area contributed by atoms with Crippen molar-refractivity contribution in [2.24, 2.45) is 0 Å². The second kappa shape index (κ2) is 4.99. The smallest absolute Gasteiger partial charge is 0.407 e. The third-order valence-corrected chi connectivity index (χ3v) is 2.93. The average Bonchev–Trinajstić information content (AvgIpc) is 2.80. The lowest BCUT2D eigenvalue weighted by Gasteiger charge is -2.15. The van der Waals surface area contributed by atoms with Crippen molar-refractivity contribution in [1.82, 2.24) is 9.88 Å². The van der Waals surface area contributed by atoms with Crippen LogP contribution in [0.2, 0.25) is 0 Å². The van der Waals surface area contributed by atoms with E-state index in [0.717, 1.165) is 6.42 Å². The van der Waals surface area contributed by atoms with Gasteiger partial charge in [-0.1, -0.05) is 0 Å². The largest absolute Gasteiger partial charge is 0.495 e. The van der Waals surface area contributed by atoms with Crippen molar-refractivity contribution < 1.29 is 14.6 Å². The Morgan fingerprint density at radius 2 is 2.50 bits per heavy atom. The Morgan fingerprint density at radius 1 is 1.72 bits per heavy atom. The molecule has 1 unspecified atom stereocenters. The molecule has 0 bridgehead atoms. The fourth-order valence-electron chi connectivity index (χ4n) is 1.94. The van der Waals surface area contributed by atoms with Gasteiger partial charge in [-0.25, -0.2) is 9.78 Å². The molecule has 98 valence electrons. The van der Waals surface area contributed by atoms with E-state index in [9.17, 15) is 4.79 Å². The molecule has 7 nitrogen and oxygen atoms in total. The molecular weight excluding hydrogens is 236 g/mol. The topological polar surface area (TPSA) is 101 Å². The van der Waals surface area contributed by atoms with Gasteiger partial charge in [-0.3, -0.25) is 0 Å². The molecule has 4 N–H and O–H groups in total. The Kier molecular flexibility index (Phi) is 3.40. The maximum Gasteiger partial charge on any atom is 0.407 e. The molecule has 2 heterocycles. The summed E-state index contributed by atoms with van der Waals surface area (Å²) >= 11 is 0. The van der Waals surface area contributed by atoms with Gasteiger partial charge in [-0.05, 0) is 6.42 Å². The number of methoxy groups -OCH3 is 1. The SMILES string of the molecule is COc1cnc(NC2CCN(C(=O)O)C2)c(N)c1. The number of nitrogens with zero attached hydrogens (tertiary/aromatic N) is 2. The Morgan fingerprint density at radius 3 is 3.06 bits per heavy atom. The van der Waals surface area contributed by atoms with E-state index in [-0.39, 0.29) is 6.04 Å². The van der Waals surface area contributed by atoms with Crippen molar-refractivity contribution in [2.45, 2.75) is 12.5 Å². The lowest BCUT2D eigenvalue weighted by atomic mass is 10.2. The van der Waals surface area contributed by atoms with Gasteiger partial charge in [0.25, 0.3) is 0 Å². The summed E-state index contributed by atoms with van der Waals surface area (Å²) < 4.78 is 5.01. The molecule has 0 spiro atoms. The second-order valence-electron chi connectivity index (χ2n) is 4.17. The number of hydrogen-bond donors (Lipinski definition) is 3. The molecule has 1 saturated heterocycles. The number of aromatic nitrogens is 1. The molecule has 1 aliphatic heterocycles. The van der Waals surface area contributed by atoms with Crippen LogP contribution in [0.1, 0.15) is 6.42 Å². The fourth-order valence-corrected chi connectivity index (χ4v) is 1.94. The fraction of sp³-hybridized carbons (Fsp3) is 0.455. The van der Waals surface area contributed by atoms with Gasteiger partial charge < -0.3 is 25.8 Å². The number of carbonyl (C=O) groups is 1. The van der Waals surface area contributed by atoms with Crippen LogP contribution in [0.15, 0.2) is 12.3 Å². The van der Waals surface area contributed by atoms with Crippen molar-refractivity contribution in [3.05, 3.63) is 12.3 Å². The number of rotatable bonds is 3. The molecular formula is C11H16N4O3. The number of pyridine rings is 1. The first-order valence-corrected chi connectivity index (χ1v) is 5.64. The minimum Gasteiger partial charge on any atom is -0.495 e. The van der Waals surface area contributed by atoms with Gasteiger partial charge in [0.2, 0.25) is 0 Å². The van der Waals surface area contributed by atoms with Crippen LogP contribution < -0.4 is 15.8 Å². The number of nitrogen functional groups attached to an aromatic ring is 1. The van der Waals surface area contributed by atoms with E-state index in [1.54, 1.807) is 19.4 Å². The Bertz CT molecular complexity index is 452. The van der Waals surface area contributed by atoms with Crippen molar-refractivity contribution in [3.63, 3.8) is 0 Å². The molecule has 0 aromatic carbocycles. The number of nitrogens with two attached hydrogens (primary N) is 1. The number of ether oxygens (including phenoxy) is 1. The van der Waals surface area contributed by atoms with Crippen LogP contribution in [0.4, 0.5) is 16.3 Å². The molecule has 1 aromatic heterocycles. The number of hydrogen-bond acceptors (Lipinski definition) is 5. The number of amides is 1. The third kappa shape index (κ3) is 2.55. The average molecular weight is 252 g/mol. The van der Waals surface area contributed by atoms with E-state index >= 15 is 0 Å². The first-order chi connectivity index (χ1) is 8.60. The van der Waals surface area contributed by atoms with Crippen LogP contribution in [0.25, 0.3) is 0 Å². The molecule has 1 atom stereocenters. The highest BCUT2D eigenvalue weighted by Gasteiger charge is 2.26. The van der Waals surface area contributed by atoms with Gasteiger partial charge >= 0.3 is 6.09 Å². The molecule has 1 amide bonds. The monoisotopic (exact) mass is 252 g/mol. The highest BCUT2D eigenvalue weighted by Crippen LogP contribution is 2.23. The molecule has 0 radical (unpaired) electrons. The van der Waals surface area contributed by atoms with Crippen LogP contribution in [0.5, 0.6) is 5.75 Å². The summed E-state index contributed by atoms with van der Waals surface area (Å²) in [7, 11) is 1.55. The first kappa shape index (κ1) is 12.3. The molecule has 2 rings (SSSR count). The summed E-state index contributed by atoms with van der Waals surface area (Å²) in [5, 5.41) is 12.0. The Hall–Kier alpha value is -2.18. The number of anilines is 2. The quantitative estimate of drug-likeness (QED) is 0.736. The van der Waals surface area contributed by atoms with Gasteiger partial charge in [0.15, 0.2) is 0 Å². The zero-order valence-corrected chi connectivity index (χ0v) is 10.1. The molecule has 1 aliphatic rings. The van der Waals surface area contributed by atoms with Gasteiger partial charge in [0, 0.05) is 25.2 Å². The molecule has 7 heteroatoms.